The molecule has 0 spiro atoms. The Hall–Kier alpha value is -0.200. The van der Waals surface area contributed by atoms with Crippen LogP contribution in [0.1, 0.15) is 125 Å². The lowest BCUT2D eigenvalue weighted by Crippen LogP contribution is -2.57. The molecule has 0 radical (unpaired) electrons. The first-order valence-corrected chi connectivity index (χ1v) is 13.3. The summed E-state index contributed by atoms with van der Waals surface area (Å²) in [4.78, 5) is 2.02. The number of aliphatic hydroxyl groups is 2. The minimum Gasteiger partial charge on any atom is -0.392 e. The normalized spacial score (nSPS) is 14.3. The number of ether oxygens (including phenoxy) is 2. The molecule has 2 unspecified atom stereocenters. The summed E-state index contributed by atoms with van der Waals surface area (Å²) in [7, 11) is 0. The molecular formula is C26H55NO4. The van der Waals surface area contributed by atoms with Crippen molar-refractivity contribution in [3.63, 3.8) is 0 Å². The van der Waals surface area contributed by atoms with Crippen molar-refractivity contribution < 1.29 is 19.7 Å². The van der Waals surface area contributed by atoms with Crippen molar-refractivity contribution in [1.82, 2.24) is 4.90 Å². The molecule has 0 aliphatic carbocycles. The largest absolute Gasteiger partial charge is 0.392 e. The fraction of sp³-hybridized carbons (Fsp3) is 1.00. The summed E-state index contributed by atoms with van der Waals surface area (Å²) in [6, 6.07) is 0. The van der Waals surface area contributed by atoms with Crippen LogP contribution < -0.4 is 0 Å². The first kappa shape index (κ1) is 30.8. The number of unbranched alkanes of at least 4 members (excludes halogenated alkanes) is 10. The van der Waals surface area contributed by atoms with Gasteiger partial charge in [0.05, 0.1) is 25.4 Å². The number of nitrogens with zero attached hydrogens (tertiary/aromatic N) is 1. The highest BCUT2D eigenvalue weighted by atomic mass is 16.7. The lowest BCUT2D eigenvalue weighted by Gasteiger charge is -2.44. The molecule has 0 bridgehead atoms. The SMILES string of the molecule is CCCCCCCCCCCCCC(OCCC)(OCCC)N(CC(C)O)CC(C)O. The van der Waals surface area contributed by atoms with Crippen molar-refractivity contribution in [2.75, 3.05) is 26.3 Å². The van der Waals surface area contributed by atoms with Gasteiger partial charge >= 0.3 is 0 Å². The van der Waals surface area contributed by atoms with Crippen LogP contribution in [0.15, 0.2) is 0 Å². The molecule has 0 aliphatic rings. The van der Waals surface area contributed by atoms with Crippen molar-refractivity contribution in [2.24, 2.45) is 0 Å². The second kappa shape index (κ2) is 20.4. The Morgan fingerprint density at radius 2 is 1.00 bits per heavy atom. The Kier molecular flexibility index (Phi) is 20.3. The van der Waals surface area contributed by atoms with Gasteiger partial charge in [-0.1, -0.05) is 85.0 Å². The van der Waals surface area contributed by atoms with E-state index in [1.165, 1.54) is 64.2 Å². The number of hydrogen-bond acceptors (Lipinski definition) is 5. The summed E-state index contributed by atoms with van der Waals surface area (Å²) in [5.41, 5.74) is 0. The highest BCUT2D eigenvalue weighted by molar-refractivity contribution is 4.77. The molecule has 5 nitrogen and oxygen atoms in total. The van der Waals surface area contributed by atoms with Crippen LogP contribution >= 0.6 is 0 Å². The van der Waals surface area contributed by atoms with Gasteiger partial charge in [-0.2, -0.15) is 0 Å². The monoisotopic (exact) mass is 445 g/mol. The van der Waals surface area contributed by atoms with Gasteiger partial charge in [-0.15, -0.1) is 0 Å². The zero-order chi connectivity index (χ0) is 23.4. The number of rotatable bonds is 23. The zero-order valence-electron chi connectivity index (χ0n) is 21.5. The van der Waals surface area contributed by atoms with E-state index in [2.05, 4.69) is 20.8 Å². The summed E-state index contributed by atoms with van der Waals surface area (Å²) in [6.45, 7) is 12.1. The van der Waals surface area contributed by atoms with E-state index in [4.69, 9.17) is 9.47 Å². The lowest BCUT2D eigenvalue weighted by atomic mass is 10.0. The highest BCUT2D eigenvalue weighted by Crippen LogP contribution is 2.28. The van der Waals surface area contributed by atoms with E-state index in [-0.39, 0.29) is 0 Å². The molecular weight excluding hydrogens is 390 g/mol. The Morgan fingerprint density at radius 1 is 0.613 bits per heavy atom. The molecule has 0 saturated heterocycles. The van der Waals surface area contributed by atoms with Crippen molar-refractivity contribution in [3.05, 3.63) is 0 Å². The van der Waals surface area contributed by atoms with Gasteiger partial charge in [0.1, 0.15) is 0 Å². The van der Waals surface area contributed by atoms with Crippen LogP contribution in [0.25, 0.3) is 0 Å². The van der Waals surface area contributed by atoms with Gasteiger partial charge in [0.2, 0.25) is 5.91 Å². The molecule has 0 rings (SSSR count). The van der Waals surface area contributed by atoms with Crippen LogP contribution in [0.4, 0.5) is 0 Å². The van der Waals surface area contributed by atoms with E-state index in [1.54, 1.807) is 13.8 Å². The van der Waals surface area contributed by atoms with Crippen molar-refractivity contribution >= 4 is 0 Å². The van der Waals surface area contributed by atoms with E-state index in [9.17, 15) is 10.2 Å². The van der Waals surface area contributed by atoms with Crippen LogP contribution in [0.3, 0.4) is 0 Å². The van der Waals surface area contributed by atoms with E-state index >= 15 is 0 Å². The van der Waals surface area contributed by atoms with Crippen molar-refractivity contribution in [2.45, 2.75) is 143 Å². The quantitative estimate of drug-likeness (QED) is 0.144. The predicted molar refractivity (Wildman–Crippen MR) is 131 cm³/mol. The van der Waals surface area contributed by atoms with Crippen molar-refractivity contribution in [3.8, 4) is 0 Å². The molecule has 0 saturated carbocycles. The Labute approximate surface area is 193 Å². The second-order valence-electron chi connectivity index (χ2n) is 9.30. The third kappa shape index (κ3) is 16.1. The molecule has 188 valence electrons. The summed E-state index contributed by atoms with van der Waals surface area (Å²) in [5, 5.41) is 20.2. The van der Waals surface area contributed by atoms with Crippen LogP contribution in [0, 0.1) is 0 Å². The second-order valence-corrected chi connectivity index (χ2v) is 9.30. The fourth-order valence-electron chi connectivity index (χ4n) is 4.05. The molecule has 0 aromatic carbocycles. The maximum absolute atomic E-state index is 10.1. The molecule has 2 N–H and O–H groups in total. The van der Waals surface area contributed by atoms with Gasteiger partial charge in [0, 0.05) is 19.5 Å². The average Bonchev–Trinajstić information content (AvgIpc) is 2.72. The van der Waals surface area contributed by atoms with Gasteiger partial charge in [-0.25, -0.2) is 4.90 Å². The van der Waals surface area contributed by atoms with Gasteiger partial charge in [-0.05, 0) is 33.1 Å². The van der Waals surface area contributed by atoms with Crippen molar-refractivity contribution in [1.29, 1.82) is 0 Å². The Morgan fingerprint density at radius 3 is 1.35 bits per heavy atom. The van der Waals surface area contributed by atoms with Crippen LogP contribution in [0.5, 0.6) is 0 Å². The minimum absolute atomic E-state index is 0.427. The average molecular weight is 446 g/mol. The molecule has 5 heteroatoms. The molecule has 2 atom stereocenters. The summed E-state index contributed by atoms with van der Waals surface area (Å²) in [6.07, 6.45) is 15.9. The van der Waals surface area contributed by atoms with Crippen LogP contribution in [-0.4, -0.2) is 59.5 Å². The van der Waals surface area contributed by atoms with Crippen LogP contribution in [0.2, 0.25) is 0 Å². The van der Waals surface area contributed by atoms with E-state index < -0.39 is 18.1 Å². The summed E-state index contributed by atoms with van der Waals surface area (Å²) < 4.78 is 12.6. The Balaban J connectivity index is 4.70. The molecule has 0 aliphatic heterocycles. The highest BCUT2D eigenvalue weighted by Gasteiger charge is 2.39. The Bertz CT molecular complexity index is 358. The molecule has 0 heterocycles. The van der Waals surface area contributed by atoms with E-state index in [0.29, 0.717) is 26.3 Å². The topological polar surface area (TPSA) is 62.2 Å². The van der Waals surface area contributed by atoms with Gasteiger partial charge in [-0.3, -0.25) is 0 Å². The third-order valence-electron chi connectivity index (χ3n) is 5.61. The molecule has 31 heavy (non-hydrogen) atoms. The van der Waals surface area contributed by atoms with E-state index in [0.717, 1.165) is 25.7 Å². The number of hydrogen-bond donors (Lipinski definition) is 2. The maximum atomic E-state index is 10.1. The minimum atomic E-state index is -0.862. The summed E-state index contributed by atoms with van der Waals surface area (Å²) >= 11 is 0. The maximum Gasteiger partial charge on any atom is 0.230 e. The fourth-order valence-corrected chi connectivity index (χ4v) is 4.05. The van der Waals surface area contributed by atoms with Gasteiger partial charge < -0.3 is 19.7 Å². The molecule has 0 aromatic rings. The van der Waals surface area contributed by atoms with E-state index in [1.807, 2.05) is 4.90 Å². The smallest absolute Gasteiger partial charge is 0.230 e. The van der Waals surface area contributed by atoms with Gasteiger partial charge in [0.15, 0.2) is 0 Å². The molecule has 0 amide bonds. The lowest BCUT2D eigenvalue weighted by molar-refractivity contribution is -0.328. The number of aliphatic hydroxyl groups excluding tert-OH is 2. The van der Waals surface area contributed by atoms with Crippen LogP contribution in [-0.2, 0) is 9.47 Å². The predicted octanol–water partition coefficient (Wildman–Crippen LogP) is 6.26. The zero-order valence-corrected chi connectivity index (χ0v) is 21.5. The third-order valence-corrected chi connectivity index (χ3v) is 5.61. The first-order chi connectivity index (χ1) is 14.9. The first-order valence-electron chi connectivity index (χ1n) is 13.3. The molecule has 0 fully saturated rings. The molecule has 0 aromatic heterocycles. The van der Waals surface area contributed by atoms with Gasteiger partial charge in [0.25, 0.3) is 0 Å². The standard InChI is InChI=1S/C26H55NO4/c1-6-9-10-11-12-13-14-15-16-17-18-19-26(30-20-7-2,31-21-8-3)27(22-24(4)28)23-25(5)29/h24-25,28-29H,6-23H2,1-5H3. The summed E-state index contributed by atoms with van der Waals surface area (Å²) in [5.74, 6) is -0.862.